The Morgan fingerprint density at radius 3 is 2.57 bits per heavy atom. The van der Waals surface area contributed by atoms with Crippen molar-refractivity contribution in [3.8, 4) is 5.75 Å². The minimum Gasteiger partial charge on any atom is -0.486 e. The van der Waals surface area contributed by atoms with E-state index in [2.05, 4.69) is 10.3 Å². The molecule has 146 valence electrons. The fourth-order valence-corrected chi connectivity index (χ4v) is 3.63. The molecule has 0 aliphatic rings. The number of carbonyl (C=O) groups is 1. The predicted octanol–water partition coefficient (Wildman–Crippen LogP) is 5.49. The first kappa shape index (κ1) is 20.4. The molecule has 0 aliphatic carbocycles. The zero-order valence-corrected chi connectivity index (χ0v) is 17.5. The molecular formula is C22H23ClN2O2S. The van der Waals surface area contributed by atoms with Gasteiger partial charge in [-0.1, -0.05) is 48.4 Å². The highest BCUT2D eigenvalue weighted by Crippen LogP contribution is 2.20. The number of hydrogen-bond acceptors (Lipinski definition) is 4. The number of halogens is 1. The molecule has 1 amide bonds. The molecule has 2 aromatic carbocycles. The van der Waals surface area contributed by atoms with Crippen LogP contribution in [0, 0.1) is 6.92 Å². The average Bonchev–Trinajstić information content (AvgIpc) is 3.13. The molecule has 1 aromatic heterocycles. The van der Waals surface area contributed by atoms with E-state index in [0.29, 0.717) is 11.6 Å². The Balaban J connectivity index is 1.52. The number of ether oxygens (including phenoxy) is 1. The minimum absolute atomic E-state index is 0.0345. The molecule has 1 heterocycles. The van der Waals surface area contributed by atoms with Crippen molar-refractivity contribution >= 4 is 28.8 Å². The van der Waals surface area contributed by atoms with E-state index in [1.54, 1.807) is 0 Å². The molecule has 3 rings (SSSR count). The van der Waals surface area contributed by atoms with Gasteiger partial charge in [-0.3, -0.25) is 4.79 Å². The van der Waals surface area contributed by atoms with Crippen molar-refractivity contribution in [1.29, 1.82) is 0 Å². The third kappa shape index (κ3) is 5.81. The zero-order valence-electron chi connectivity index (χ0n) is 15.9. The lowest BCUT2D eigenvalue weighted by molar-refractivity contribution is -0.121. The summed E-state index contributed by atoms with van der Waals surface area (Å²) >= 11 is 7.45. The van der Waals surface area contributed by atoms with Crippen LogP contribution in [0.2, 0.25) is 5.02 Å². The summed E-state index contributed by atoms with van der Waals surface area (Å²) in [5, 5.41) is 6.53. The summed E-state index contributed by atoms with van der Waals surface area (Å²) in [6, 6.07) is 15.4. The van der Waals surface area contributed by atoms with E-state index in [0.717, 1.165) is 28.4 Å². The van der Waals surface area contributed by atoms with Gasteiger partial charge in [-0.15, -0.1) is 11.3 Å². The van der Waals surface area contributed by atoms with Crippen LogP contribution in [0.25, 0.3) is 0 Å². The monoisotopic (exact) mass is 414 g/mol. The SMILES string of the molecule is CCC(NC(=O)Cc1csc(COc2ccc(C)cc2)n1)c1ccc(Cl)cc1. The van der Waals surface area contributed by atoms with E-state index in [4.69, 9.17) is 16.3 Å². The maximum atomic E-state index is 12.4. The van der Waals surface area contributed by atoms with Crippen molar-refractivity contribution in [1.82, 2.24) is 10.3 Å². The number of carbonyl (C=O) groups excluding carboxylic acids is 1. The Kier molecular flexibility index (Phi) is 7.06. The predicted molar refractivity (Wildman–Crippen MR) is 114 cm³/mol. The highest BCUT2D eigenvalue weighted by molar-refractivity contribution is 7.09. The number of thiazole rings is 1. The van der Waals surface area contributed by atoms with E-state index in [1.165, 1.54) is 16.9 Å². The summed E-state index contributed by atoms with van der Waals surface area (Å²) in [5.41, 5.74) is 3.00. The lowest BCUT2D eigenvalue weighted by atomic mass is 10.0. The second kappa shape index (κ2) is 9.71. The first-order valence-corrected chi connectivity index (χ1v) is 10.5. The molecule has 0 bridgehead atoms. The van der Waals surface area contributed by atoms with E-state index >= 15 is 0 Å². The van der Waals surface area contributed by atoms with Crippen LogP contribution < -0.4 is 10.1 Å². The van der Waals surface area contributed by atoms with Gasteiger partial charge in [-0.2, -0.15) is 0 Å². The molecule has 0 saturated carbocycles. The summed E-state index contributed by atoms with van der Waals surface area (Å²) in [6.45, 7) is 4.48. The van der Waals surface area contributed by atoms with Gasteiger partial charge in [-0.05, 0) is 43.2 Å². The summed E-state index contributed by atoms with van der Waals surface area (Å²) in [6.07, 6.45) is 1.06. The number of nitrogens with one attached hydrogen (secondary N) is 1. The Morgan fingerprint density at radius 2 is 1.89 bits per heavy atom. The summed E-state index contributed by atoms with van der Waals surface area (Å²) in [5.74, 6) is 0.770. The maximum absolute atomic E-state index is 12.4. The number of aromatic nitrogens is 1. The second-order valence-electron chi connectivity index (χ2n) is 6.59. The van der Waals surface area contributed by atoms with Crippen molar-refractivity contribution in [3.63, 3.8) is 0 Å². The number of aryl methyl sites for hydroxylation is 1. The Bertz CT molecular complexity index is 907. The topological polar surface area (TPSA) is 51.2 Å². The van der Waals surface area contributed by atoms with E-state index < -0.39 is 0 Å². The van der Waals surface area contributed by atoms with Gasteiger partial charge >= 0.3 is 0 Å². The molecular weight excluding hydrogens is 392 g/mol. The highest BCUT2D eigenvalue weighted by Gasteiger charge is 2.14. The fraction of sp³-hybridized carbons (Fsp3) is 0.273. The van der Waals surface area contributed by atoms with Crippen LogP contribution in [-0.2, 0) is 17.8 Å². The number of hydrogen-bond donors (Lipinski definition) is 1. The van der Waals surface area contributed by atoms with Crippen molar-refractivity contribution in [3.05, 3.63) is 80.8 Å². The van der Waals surface area contributed by atoms with Crippen molar-refractivity contribution in [2.75, 3.05) is 0 Å². The van der Waals surface area contributed by atoms with Crippen molar-refractivity contribution < 1.29 is 9.53 Å². The lowest BCUT2D eigenvalue weighted by Gasteiger charge is -2.17. The highest BCUT2D eigenvalue weighted by atomic mass is 35.5. The normalized spacial score (nSPS) is 11.8. The van der Waals surface area contributed by atoms with Gasteiger partial charge in [0.15, 0.2) is 0 Å². The number of benzene rings is 2. The third-order valence-corrected chi connectivity index (χ3v) is 5.46. The van der Waals surface area contributed by atoms with Crippen LogP contribution in [0.15, 0.2) is 53.9 Å². The van der Waals surface area contributed by atoms with Gasteiger partial charge in [0.05, 0.1) is 18.2 Å². The summed E-state index contributed by atoms with van der Waals surface area (Å²) in [7, 11) is 0. The smallest absolute Gasteiger partial charge is 0.226 e. The van der Waals surface area contributed by atoms with Gasteiger partial charge < -0.3 is 10.1 Å². The first-order chi connectivity index (χ1) is 13.5. The van der Waals surface area contributed by atoms with E-state index in [1.807, 2.05) is 67.8 Å². The molecule has 0 fully saturated rings. The molecule has 0 saturated heterocycles. The molecule has 6 heteroatoms. The Morgan fingerprint density at radius 1 is 1.18 bits per heavy atom. The molecule has 1 N–H and O–H groups in total. The number of nitrogens with zero attached hydrogens (tertiary/aromatic N) is 1. The number of rotatable bonds is 8. The maximum Gasteiger partial charge on any atom is 0.226 e. The van der Waals surface area contributed by atoms with Gasteiger partial charge in [0.25, 0.3) is 0 Å². The van der Waals surface area contributed by atoms with E-state index in [9.17, 15) is 4.79 Å². The molecule has 1 atom stereocenters. The van der Waals surface area contributed by atoms with Crippen LogP contribution >= 0.6 is 22.9 Å². The largest absolute Gasteiger partial charge is 0.486 e. The van der Waals surface area contributed by atoms with Crippen LogP contribution in [0.3, 0.4) is 0 Å². The number of amides is 1. The van der Waals surface area contributed by atoms with Crippen molar-refractivity contribution in [2.24, 2.45) is 0 Å². The Labute approximate surface area is 174 Å². The first-order valence-electron chi connectivity index (χ1n) is 9.21. The van der Waals surface area contributed by atoms with Crippen molar-refractivity contribution in [2.45, 2.75) is 39.3 Å². The van der Waals surface area contributed by atoms with Crippen LogP contribution in [0.5, 0.6) is 5.75 Å². The molecule has 1 unspecified atom stereocenters. The lowest BCUT2D eigenvalue weighted by Crippen LogP contribution is -2.29. The van der Waals surface area contributed by atoms with Gasteiger partial charge in [0.2, 0.25) is 5.91 Å². The minimum atomic E-state index is -0.0434. The summed E-state index contributed by atoms with van der Waals surface area (Å²) < 4.78 is 5.75. The van der Waals surface area contributed by atoms with Crippen LogP contribution in [-0.4, -0.2) is 10.9 Å². The molecule has 0 aliphatic heterocycles. The molecule has 4 nitrogen and oxygen atoms in total. The quantitative estimate of drug-likeness (QED) is 0.530. The van der Waals surface area contributed by atoms with E-state index in [-0.39, 0.29) is 18.4 Å². The fourth-order valence-electron chi connectivity index (χ4n) is 2.80. The molecule has 3 aromatic rings. The molecule has 28 heavy (non-hydrogen) atoms. The third-order valence-electron chi connectivity index (χ3n) is 4.34. The Hall–Kier alpha value is -2.37. The molecule has 0 radical (unpaired) electrons. The summed E-state index contributed by atoms with van der Waals surface area (Å²) in [4.78, 5) is 17.0. The van der Waals surface area contributed by atoms with Gasteiger partial charge in [0.1, 0.15) is 17.4 Å². The van der Waals surface area contributed by atoms with Crippen LogP contribution in [0.1, 0.15) is 41.2 Å². The standard InChI is InChI=1S/C22H23ClN2O2S/c1-3-20(16-6-8-17(23)9-7-16)25-21(26)12-18-14-28-22(24-18)13-27-19-10-4-15(2)5-11-19/h4-11,14,20H,3,12-13H2,1-2H3,(H,25,26). The second-order valence-corrected chi connectivity index (χ2v) is 7.97. The zero-order chi connectivity index (χ0) is 19.9. The average molecular weight is 415 g/mol. The van der Waals surface area contributed by atoms with Gasteiger partial charge in [-0.25, -0.2) is 4.98 Å². The molecule has 0 spiro atoms. The van der Waals surface area contributed by atoms with Crippen LogP contribution in [0.4, 0.5) is 0 Å². The van der Waals surface area contributed by atoms with Gasteiger partial charge in [0, 0.05) is 10.4 Å².